The van der Waals surface area contributed by atoms with Gasteiger partial charge in [-0.1, -0.05) is 0 Å². The molecule has 0 radical (unpaired) electrons. The topological polar surface area (TPSA) is 68.3 Å². The first-order valence-electron chi connectivity index (χ1n) is 5.95. The average Bonchev–Trinajstić information content (AvgIpc) is 3.11. The summed E-state index contributed by atoms with van der Waals surface area (Å²) in [7, 11) is 0. The van der Waals surface area contributed by atoms with E-state index in [1.54, 1.807) is 13.0 Å². The van der Waals surface area contributed by atoms with Gasteiger partial charge >= 0.3 is 29.6 Å². The average molecular weight is 272 g/mol. The van der Waals surface area contributed by atoms with Crippen LogP contribution < -0.4 is 34.9 Å². The van der Waals surface area contributed by atoms with Crippen LogP contribution >= 0.6 is 0 Å². The van der Waals surface area contributed by atoms with E-state index in [-0.39, 0.29) is 43.5 Å². The van der Waals surface area contributed by atoms with Crippen LogP contribution in [0, 0.1) is 13.8 Å². The van der Waals surface area contributed by atoms with Crippen LogP contribution in [0.5, 0.6) is 0 Å². The summed E-state index contributed by atoms with van der Waals surface area (Å²) in [6.45, 7) is 4.17. The molecule has 1 aliphatic rings. The second-order valence-electron chi connectivity index (χ2n) is 4.52. The van der Waals surface area contributed by atoms with Crippen LogP contribution in [-0.4, -0.2) is 23.4 Å². The largest absolute Gasteiger partial charge is 1.00 e. The van der Waals surface area contributed by atoms with E-state index in [0.29, 0.717) is 23.8 Å². The first kappa shape index (κ1) is 16.1. The fraction of sp³-hybridized carbons (Fsp3) is 0.462. The number of hydrogen-bond acceptors (Lipinski definition) is 4. The van der Waals surface area contributed by atoms with Crippen molar-refractivity contribution >= 4 is 12.4 Å². The molecule has 0 aromatic carbocycles. The number of carbonyl (C=O) groups is 2. The molecule has 0 bridgehead atoms. The number of pyridine rings is 1. The van der Waals surface area contributed by atoms with E-state index >= 15 is 0 Å². The van der Waals surface area contributed by atoms with E-state index in [2.05, 4.69) is 10.3 Å². The van der Waals surface area contributed by atoms with E-state index in [4.69, 9.17) is 4.74 Å². The predicted octanol–water partition coefficient (Wildman–Crippen LogP) is -1.62. The Hall–Kier alpha value is -0.910. The minimum Gasteiger partial charge on any atom is -1.00 e. The SMILES string of the molecule is Cc1nc(C)c(C(=O)NC2CC2)cc1COC=O.[H-].[Na+]. The number of carbonyl (C=O) groups excluding carboxylic acids is 2. The molecule has 1 fully saturated rings. The summed E-state index contributed by atoms with van der Waals surface area (Å²) in [6.07, 6.45) is 2.09. The van der Waals surface area contributed by atoms with Gasteiger partial charge in [-0.15, -0.1) is 0 Å². The Balaban J connectivity index is 0.00000180. The Morgan fingerprint density at radius 1 is 1.53 bits per heavy atom. The molecule has 98 valence electrons. The van der Waals surface area contributed by atoms with Gasteiger partial charge in [0.25, 0.3) is 12.4 Å². The van der Waals surface area contributed by atoms with E-state index in [0.717, 1.165) is 24.1 Å². The van der Waals surface area contributed by atoms with E-state index in [9.17, 15) is 9.59 Å². The Morgan fingerprint density at radius 3 is 2.79 bits per heavy atom. The third-order valence-corrected chi connectivity index (χ3v) is 2.97. The molecule has 0 unspecified atom stereocenters. The van der Waals surface area contributed by atoms with Crippen molar-refractivity contribution in [3.8, 4) is 0 Å². The maximum atomic E-state index is 12.0. The second kappa shape index (κ2) is 7.03. The molecule has 5 nitrogen and oxygen atoms in total. The molecule has 1 saturated carbocycles. The summed E-state index contributed by atoms with van der Waals surface area (Å²) in [5.41, 5.74) is 2.78. The number of amides is 1. The summed E-state index contributed by atoms with van der Waals surface area (Å²) >= 11 is 0. The number of aromatic nitrogens is 1. The van der Waals surface area contributed by atoms with Gasteiger partial charge in [0.05, 0.1) is 11.3 Å². The first-order chi connectivity index (χ1) is 8.61. The van der Waals surface area contributed by atoms with Gasteiger partial charge in [-0.05, 0) is 32.8 Å². The molecule has 1 heterocycles. The van der Waals surface area contributed by atoms with Crippen molar-refractivity contribution in [3.05, 3.63) is 28.6 Å². The summed E-state index contributed by atoms with van der Waals surface area (Å²) in [4.78, 5) is 26.5. The molecule has 1 aliphatic carbocycles. The molecule has 1 aromatic heterocycles. The molecule has 1 amide bonds. The van der Waals surface area contributed by atoms with Crippen molar-refractivity contribution in [1.82, 2.24) is 10.3 Å². The minimum atomic E-state index is -0.102. The van der Waals surface area contributed by atoms with Gasteiger partial charge in [0, 0.05) is 17.3 Å². The fourth-order valence-electron chi connectivity index (χ4n) is 1.76. The molecular weight excluding hydrogens is 255 g/mol. The smallest absolute Gasteiger partial charge is 1.00 e. The van der Waals surface area contributed by atoms with Gasteiger partial charge in [0.15, 0.2) is 0 Å². The molecule has 0 atom stereocenters. The van der Waals surface area contributed by atoms with Gasteiger partial charge in [-0.25, -0.2) is 0 Å². The fourth-order valence-corrected chi connectivity index (χ4v) is 1.76. The zero-order valence-electron chi connectivity index (χ0n) is 12.5. The molecule has 6 heteroatoms. The minimum absolute atomic E-state index is 0. The standard InChI is InChI=1S/C13H16N2O3.Na.H/c1-8-10(6-18-7-16)5-12(9(2)14-8)13(17)15-11-3-4-11;;/h5,7,11H,3-4,6H2,1-2H3,(H,15,17);;/q;+1;-1. The Bertz CT molecular complexity index is 493. The van der Waals surface area contributed by atoms with Gasteiger partial charge < -0.3 is 11.5 Å². The maximum Gasteiger partial charge on any atom is 1.00 e. The number of nitrogens with zero attached hydrogens (tertiary/aromatic N) is 1. The van der Waals surface area contributed by atoms with Crippen molar-refractivity contribution < 1.29 is 45.3 Å². The molecule has 1 aromatic rings. The monoisotopic (exact) mass is 272 g/mol. The van der Waals surface area contributed by atoms with Crippen molar-refractivity contribution in [2.45, 2.75) is 39.3 Å². The van der Waals surface area contributed by atoms with Crippen LogP contribution in [0.3, 0.4) is 0 Å². The van der Waals surface area contributed by atoms with Gasteiger partial charge in [-0.2, -0.15) is 0 Å². The Morgan fingerprint density at radius 2 is 2.21 bits per heavy atom. The van der Waals surface area contributed by atoms with Crippen molar-refractivity contribution in [2.75, 3.05) is 0 Å². The van der Waals surface area contributed by atoms with Crippen LogP contribution in [0.2, 0.25) is 0 Å². The summed E-state index contributed by atoms with van der Waals surface area (Å²) in [5, 5.41) is 2.92. The van der Waals surface area contributed by atoms with Crippen molar-refractivity contribution in [1.29, 1.82) is 0 Å². The normalized spacial score (nSPS) is 13.4. The summed E-state index contributed by atoms with van der Waals surface area (Å²) < 4.78 is 4.72. The van der Waals surface area contributed by atoms with E-state index in [1.165, 1.54) is 0 Å². The number of nitrogens with one attached hydrogen (secondary N) is 1. The van der Waals surface area contributed by atoms with Crippen LogP contribution in [0.25, 0.3) is 0 Å². The van der Waals surface area contributed by atoms with Crippen molar-refractivity contribution in [2.24, 2.45) is 0 Å². The van der Waals surface area contributed by atoms with Crippen LogP contribution in [-0.2, 0) is 16.1 Å². The van der Waals surface area contributed by atoms with Gasteiger partial charge in [0.1, 0.15) is 6.61 Å². The first-order valence-corrected chi connectivity index (χ1v) is 5.95. The quantitative estimate of drug-likeness (QED) is 0.517. The number of hydrogen-bond donors (Lipinski definition) is 1. The van der Waals surface area contributed by atoms with Crippen molar-refractivity contribution in [3.63, 3.8) is 0 Å². The number of rotatable bonds is 5. The molecule has 0 aliphatic heterocycles. The maximum absolute atomic E-state index is 12.0. The van der Waals surface area contributed by atoms with E-state index < -0.39 is 0 Å². The third-order valence-electron chi connectivity index (χ3n) is 2.97. The molecule has 19 heavy (non-hydrogen) atoms. The molecule has 0 spiro atoms. The Kier molecular flexibility index (Phi) is 5.97. The van der Waals surface area contributed by atoms with E-state index in [1.807, 2.05) is 6.92 Å². The number of aryl methyl sites for hydroxylation is 2. The Labute approximate surface area is 135 Å². The zero-order chi connectivity index (χ0) is 13.1. The molecular formula is C13H17N2NaO3. The number of ether oxygens (including phenoxy) is 1. The van der Waals surface area contributed by atoms with Gasteiger partial charge in [0.2, 0.25) is 0 Å². The van der Waals surface area contributed by atoms with Gasteiger partial charge in [-0.3, -0.25) is 14.6 Å². The zero-order valence-corrected chi connectivity index (χ0v) is 13.5. The third kappa shape index (κ3) is 4.30. The second-order valence-corrected chi connectivity index (χ2v) is 4.52. The van der Waals surface area contributed by atoms with Crippen LogP contribution in [0.15, 0.2) is 6.07 Å². The molecule has 2 rings (SSSR count). The predicted molar refractivity (Wildman–Crippen MR) is 66.2 cm³/mol. The molecule has 1 N–H and O–H groups in total. The summed E-state index contributed by atoms with van der Waals surface area (Å²) in [6, 6.07) is 2.06. The van der Waals surface area contributed by atoms with Crippen LogP contribution in [0.4, 0.5) is 0 Å². The molecule has 0 saturated heterocycles. The van der Waals surface area contributed by atoms with Crippen LogP contribution in [0.1, 0.15) is 41.6 Å². The summed E-state index contributed by atoms with van der Waals surface area (Å²) in [5.74, 6) is -0.102.